The van der Waals surface area contributed by atoms with E-state index in [-0.39, 0.29) is 0 Å². The summed E-state index contributed by atoms with van der Waals surface area (Å²) < 4.78 is 0. The molecule has 3 aliphatic rings. The molecule has 0 amide bonds. The molecule has 1 N–H and O–H groups in total. The Balaban J connectivity index is 1.73. The van der Waals surface area contributed by atoms with Gasteiger partial charge in [0.1, 0.15) is 5.75 Å². The second-order valence-corrected chi connectivity index (χ2v) is 8.55. The zero-order valence-electron chi connectivity index (χ0n) is 14.8. The van der Waals surface area contributed by atoms with Crippen LogP contribution in [0.3, 0.4) is 0 Å². The molecule has 4 rings (SSSR count). The Morgan fingerprint density at radius 2 is 2.00 bits per heavy atom. The molecule has 0 aliphatic heterocycles. The summed E-state index contributed by atoms with van der Waals surface area (Å²) in [6, 6.07) is 4.34. The number of hydrogen-bond acceptors (Lipinski definition) is 1. The van der Waals surface area contributed by atoms with Crippen LogP contribution < -0.4 is 0 Å². The first-order chi connectivity index (χ1) is 11.0. The Morgan fingerprint density at radius 1 is 1.17 bits per heavy atom. The summed E-state index contributed by atoms with van der Waals surface area (Å²) >= 11 is 0. The van der Waals surface area contributed by atoms with Gasteiger partial charge in [0.2, 0.25) is 0 Å². The summed E-state index contributed by atoms with van der Waals surface area (Å²) in [6.07, 6.45) is 12.1. The van der Waals surface area contributed by atoms with Gasteiger partial charge in [-0.3, -0.25) is 0 Å². The van der Waals surface area contributed by atoms with E-state index >= 15 is 0 Å². The summed E-state index contributed by atoms with van der Waals surface area (Å²) in [4.78, 5) is 0. The third-order valence-corrected chi connectivity index (χ3v) is 7.69. The first-order valence-electron chi connectivity index (χ1n) is 9.53. The Morgan fingerprint density at radius 3 is 2.78 bits per heavy atom. The number of fused-ring (bicyclic) bond motifs is 5. The number of aryl methyl sites for hydroxylation is 1. The zero-order chi connectivity index (χ0) is 16.2. The van der Waals surface area contributed by atoms with Crippen molar-refractivity contribution < 1.29 is 5.11 Å². The Bertz CT molecular complexity index is 644. The number of aromatic hydroxyl groups is 1. The van der Waals surface area contributed by atoms with E-state index in [9.17, 15) is 5.11 Å². The predicted octanol–water partition coefficient (Wildman–Crippen LogP) is 5.92. The summed E-state index contributed by atoms with van der Waals surface area (Å²) in [6.45, 7) is 7.08. The number of hydrogen-bond donors (Lipinski definition) is 1. The van der Waals surface area contributed by atoms with Crippen molar-refractivity contribution in [2.45, 2.75) is 65.2 Å². The molecule has 23 heavy (non-hydrogen) atoms. The van der Waals surface area contributed by atoms with E-state index in [1.807, 2.05) is 25.1 Å². The van der Waals surface area contributed by atoms with Gasteiger partial charge in [-0.1, -0.05) is 26.0 Å². The van der Waals surface area contributed by atoms with Crippen LogP contribution in [0.15, 0.2) is 18.2 Å². The van der Waals surface area contributed by atoms with Crippen LogP contribution in [0.25, 0.3) is 6.08 Å². The minimum atomic E-state index is 0.454. The van der Waals surface area contributed by atoms with Gasteiger partial charge in [0, 0.05) is 5.56 Å². The van der Waals surface area contributed by atoms with Gasteiger partial charge in [-0.05, 0) is 97.8 Å². The fourth-order valence-electron chi connectivity index (χ4n) is 6.20. The smallest absolute Gasteiger partial charge is 0.123 e. The molecule has 124 valence electrons. The van der Waals surface area contributed by atoms with Crippen molar-refractivity contribution in [3.05, 3.63) is 34.9 Å². The fourth-order valence-corrected chi connectivity index (χ4v) is 6.20. The molecule has 1 aromatic carbocycles. The third-order valence-electron chi connectivity index (χ3n) is 7.69. The first kappa shape index (κ1) is 15.3. The highest BCUT2D eigenvalue weighted by atomic mass is 16.3. The molecule has 0 saturated heterocycles. The molecular weight excluding hydrogens is 280 g/mol. The van der Waals surface area contributed by atoms with Crippen LogP contribution in [0.2, 0.25) is 0 Å². The molecule has 0 spiro atoms. The van der Waals surface area contributed by atoms with Crippen molar-refractivity contribution in [1.82, 2.24) is 0 Å². The minimum absolute atomic E-state index is 0.454. The molecular formula is C22H30O. The van der Waals surface area contributed by atoms with Crippen molar-refractivity contribution in [2.24, 2.45) is 23.2 Å². The lowest BCUT2D eigenvalue weighted by Crippen LogP contribution is -2.41. The second-order valence-electron chi connectivity index (χ2n) is 8.55. The Hall–Kier alpha value is -1.24. The maximum absolute atomic E-state index is 10.3. The van der Waals surface area contributed by atoms with Crippen LogP contribution >= 0.6 is 0 Å². The molecule has 1 aromatic rings. The number of rotatable bonds is 1. The van der Waals surface area contributed by atoms with Crippen LogP contribution in [0.5, 0.6) is 5.75 Å². The molecule has 2 fully saturated rings. The largest absolute Gasteiger partial charge is 0.507 e. The van der Waals surface area contributed by atoms with Gasteiger partial charge in [-0.25, -0.2) is 0 Å². The molecule has 0 radical (unpaired) electrons. The van der Waals surface area contributed by atoms with Gasteiger partial charge in [-0.2, -0.15) is 0 Å². The summed E-state index contributed by atoms with van der Waals surface area (Å²) in [7, 11) is 0. The van der Waals surface area contributed by atoms with Crippen LogP contribution in [0.1, 0.15) is 75.5 Å². The monoisotopic (exact) mass is 310 g/mol. The molecule has 0 bridgehead atoms. The highest BCUT2D eigenvalue weighted by Crippen LogP contribution is 2.62. The van der Waals surface area contributed by atoms with E-state index in [2.05, 4.69) is 19.9 Å². The van der Waals surface area contributed by atoms with Crippen LogP contribution in [0.4, 0.5) is 0 Å². The van der Waals surface area contributed by atoms with E-state index < -0.39 is 0 Å². The van der Waals surface area contributed by atoms with Crippen LogP contribution in [-0.2, 0) is 6.42 Å². The highest BCUT2D eigenvalue weighted by molar-refractivity contribution is 5.60. The molecule has 5 atom stereocenters. The molecule has 0 unspecified atom stereocenters. The normalized spacial score (nSPS) is 39.1. The standard InChI is InChI=1S/C22H30O/c1-4-5-16-12-19-15(13-21(16)23)7-8-18-17(19)10-11-22(3)14(2)6-9-20(18)22/h4-5,12-14,17-18,20,23H,6-11H2,1-3H3/t14-,17-,18+,20-,22+/m0/s1. The van der Waals surface area contributed by atoms with Gasteiger partial charge in [0.05, 0.1) is 0 Å². The van der Waals surface area contributed by atoms with E-state index in [0.717, 1.165) is 35.7 Å². The summed E-state index contributed by atoms with van der Waals surface area (Å²) in [5, 5.41) is 10.3. The lowest BCUT2D eigenvalue weighted by molar-refractivity contribution is 0.0336. The SMILES string of the molecule is CC=Cc1cc2c(cc1O)CC[C@@H]1[C@@H]2CC[C@]2(C)[C@@H](C)CC[C@@H]12. The maximum atomic E-state index is 10.3. The van der Waals surface area contributed by atoms with Gasteiger partial charge in [-0.15, -0.1) is 0 Å². The lowest BCUT2D eigenvalue weighted by atomic mass is 9.54. The topological polar surface area (TPSA) is 20.2 Å². The number of phenols is 1. The fraction of sp³-hybridized carbons (Fsp3) is 0.636. The predicted molar refractivity (Wildman–Crippen MR) is 96.6 cm³/mol. The van der Waals surface area contributed by atoms with Crippen molar-refractivity contribution in [1.29, 1.82) is 0 Å². The quantitative estimate of drug-likeness (QED) is 0.683. The number of phenolic OH excluding ortho intramolecular Hbond substituents is 1. The summed E-state index contributed by atoms with van der Waals surface area (Å²) in [5.41, 5.74) is 4.54. The van der Waals surface area contributed by atoms with Crippen LogP contribution in [0, 0.1) is 23.2 Å². The Labute approximate surface area is 140 Å². The summed E-state index contributed by atoms with van der Waals surface area (Å²) in [5.74, 6) is 3.87. The van der Waals surface area contributed by atoms with Gasteiger partial charge in [0.25, 0.3) is 0 Å². The van der Waals surface area contributed by atoms with Crippen LogP contribution in [-0.4, -0.2) is 5.11 Å². The lowest BCUT2D eigenvalue weighted by Gasteiger charge is -2.50. The first-order valence-corrected chi connectivity index (χ1v) is 9.53. The molecule has 0 heterocycles. The third kappa shape index (κ3) is 2.19. The number of allylic oxidation sites excluding steroid dienone is 1. The Kier molecular flexibility index (Phi) is 3.59. The zero-order valence-corrected chi connectivity index (χ0v) is 14.8. The molecule has 1 heteroatoms. The number of benzene rings is 1. The van der Waals surface area contributed by atoms with E-state index in [4.69, 9.17) is 0 Å². The average Bonchev–Trinajstić information content (AvgIpc) is 2.84. The van der Waals surface area contributed by atoms with Crippen molar-refractivity contribution >= 4 is 6.08 Å². The average molecular weight is 310 g/mol. The van der Waals surface area contributed by atoms with Crippen molar-refractivity contribution in [3.63, 3.8) is 0 Å². The van der Waals surface area contributed by atoms with E-state index in [1.54, 1.807) is 5.56 Å². The van der Waals surface area contributed by atoms with E-state index in [1.165, 1.54) is 37.7 Å². The minimum Gasteiger partial charge on any atom is -0.507 e. The maximum Gasteiger partial charge on any atom is 0.123 e. The molecule has 3 aliphatic carbocycles. The van der Waals surface area contributed by atoms with Crippen molar-refractivity contribution in [3.8, 4) is 5.75 Å². The highest BCUT2D eigenvalue weighted by Gasteiger charge is 2.53. The van der Waals surface area contributed by atoms with E-state index in [0.29, 0.717) is 11.2 Å². The molecule has 0 aromatic heterocycles. The molecule has 2 saturated carbocycles. The van der Waals surface area contributed by atoms with Gasteiger partial charge >= 0.3 is 0 Å². The second kappa shape index (κ2) is 5.40. The molecule has 1 nitrogen and oxygen atoms in total. The van der Waals surface area contributed by atoms with Gasteiger partial charge < -0.3 is 5.11 Å². The van der Waals surface area contributed by atoms with Gasteiger partial charge in [0.15, 0.2) is 0 Å². The van der Waals surface area contributed by atoms with Crippen molar-refractivity contribution in [2.75, 3.05) is 0 Å².